The fourth-order valence-electron chi connectivity index (χ4n) is 2.43. The fraction of sp³-hybridized carbons (Fsp3) is 0.200. The van der Waals surface area contributed by atoms with Crippen molar-refractivity contribution in [2.45, 2.75) is 19.3 Å². The second-order valence-corrected chi connectivity index (χ2v) is 4.54. The Kier molecular flexibility index (Phi) is 2.49. The Hall–Kier alpha value is -2.34. The van der Waals surface area contributed by atoms with Gasteiger partial charge in [-0.3, -0.25) is 4.98 Å². The monoisotopic (exact) mass is 236 g/mol. The van der Waals surface area contributed by atoms with Crippen molar-refractivity contribution in [3.05, 3.63) is 47.2 Å². The fourth-order valence-corrected chi connectivity index (χ4v) is 2.43. The van der Waals surface area contributed by atoms with E-state index in [-0.39, 0.29) is 11.3 Å². The molecule has 1 aliphatic rings. The van der Waals surface area contributed by atoms with Gasteiger partial charge < -0.3 is 5.11 Å². The summed E-state index contributed by atoms with van der Waals surface area (Å²) in [5.41, 5.74) is 4.80. The first-order valence-corrected chi connectivity index (χ1v) is 5.99. The van der Waals surface area contributed by atoms with Gasteiger partial charge in [-0.2, -0.15) is 5.26 Å². The number of benzene rings is 1. The molecular weight excluding hydrogens is 224 g/mol. The molecule has 3 heteroatoms. The second kappa shape index (κ2) is 4.15. The summed E-state index contributed by atoms with van der Waals surface area (Å²) in [5, 5.41) is 18.4. The van der Waals surface area contributed by atoms with Crippen LogP contribution in [0.3, 0.4) is 0 Å². The molecule has 0 amide bonds. The average molecular weight is 236 g/mol. The highest BCUT2D eigenvalue weighted by molar-refractivity contribution is 5.64. The third-order valence-corrected chi connectivity index (χ3v) is 3.40. The van der Waals surface area contributed by atoms with E-state index in [4.69, 9.17) is 5.26 Å². The average Bonchev–Trinajstić information content (AvgIpc) is 2.86. The summed E-state index contributed by atoms with van der Waals surface area (Å²) in [6.07, 6.45) is 4.82. The van der Waals surface area contributed by atoms with Crippen LogP contribution in [0.1, 0.15) is 23.1 Å². The van der Waals surface area contributed by atoms with Crippen molar-refractivity contribution in [1.82, 2.24) is 4.98 Å². The van der Waals surface area contributed by atoms with Gasteiger partial charge in [0.1, 0.15) is 6.07 Å². The minimum atomic E-state index is -0.0672. The lowest BCUT2D eigenvalue weighted by atomic mass is 10.0. The predicted molar refractivity (Wildman–Crippen MR) is 68.1 cm³/mol. The number of nitriles is 1. The van der Waals surface area contributed by atoms with E-state index >= 15 is 0 Å². The lowest BCUT2D eigenvalue weighted by Crippen LogP contribution is -1.89. The first kappa shape index (κ1) is 10.8. The first-order chi connectivity index (χ1) is 8.78. The number of aryl methyl sites for hydroxylation is 2. The summed E-state index contributed by atoms with van der Waals surface area (Å²) in [7, 11) is 0. The van der Waals surface area contributed by atoms with Gasteiger partial charge in [-0.1, -0.05) is 12.1 Å². The molecule has 2 aromatic rings. The normalized spacial score (nSPS) is 13.1. The van der Waals surface area contributed by atoms with Gasteiger partial charge in [0.25, 0.3) is 0 Å². The minimum absolute atomic E-state index is 0.0672. The minimum Gasteiger partial charge on any atom is -0.505 e. The SMILES string of the molecule is N#Cc1cc(-c2ccc3c(c2)CCC3)ncc1O. The van der Waals surface area contributed by atoms with Gasteiger partial charge in [0, 0.05) is 5.56 Å². The summed E-state index contributed by atoms with van der Waals surface area (Å²) >= 11 is 0. The van der Waals surface area contributed by atoms with Crippen LogP contribution in [0.25, 0.3) is 11.3 Å². The number of aromatic hydroxyl groups is 1. The molecule has 1 aliphatic carbocycles. The number of pyridine rings is 1. The topological polar surface area (TPSA) is 56.9 Å². The van der Waals surface area contributed by atoms with Crippen molar-refractivity contribution in [2.75, 3.05) is 0 Å². The van der Waals surface area contributed by atoms with Gasteiger partial charge in [-0.25, -0.2) is 0 Å². The molecule has 0 spiro atoms. The Balaban J connectivity index is 2.08. The third kappa shape index (κ3) is 1.72. The Morgan fingerprint density at radius 3 is 2.83 bits per heavy atom. The molecule has 3 nitrogen and oxygen atoms in total. The van der Waals surface area contributed by atoms with E-state index in [1.165, 1.54) is 23.7 Å². The summed E-state index contributed by atoms with van der Waals surface area (Å²) in [6, 6.07) is 9.91. The van der Waals surface area contributed by atoms with E-state index in [2.05, 4.69) is 17.1 Å². The van der Waals surface area contributed by atoms with E-state index in [0.717, 1.165) is 24.1 Å². The molecule has 0 bridgehead atoms. The zero-order valence-corrected chi connectivity index (χ0v) is 9.85. The molecule has 3 rings (SSSR count). The summed E-state index contributed by atoms with van der Waals surface area (Å²) in [5.74, 6) is -0.0672. The maximum absolute atomic E-state index is 9.45. The van der Waals surface area contributed by atoms with Gasteiger partial charge in [-0.05, 0) is 42.5 Å². The van der Waals surface area contributed by atoms with Crippen molar-refractivity contribution >= 4 is 0 Å². The molecule has 0 unspecified atom stereocenters. The zero-order chi connectivity index (χ0) is 12.5. The van der Waals surface area contributed by atoms with E-state index in [1.807, 2.05) is 12.1 Å². The Labute approximate surface area is 105 Å². The van der Waals surface area contributed by atoms with E-state index in [0.29, 0.717) is 0 Å². The second-order valence-electron chi connectivity index (χ2n) is 4.54. The van der Waals surface area contributed by atoms with Crippen LogP contribution >= 0.6 is 0 Å². The number of fused-ring (bicyclic) bond motifs is 1. The standard InChI is InChI=1S/C15H12N2O/c16-8-13-7-14(17-9-15(13)18)12-5-4-10-2-1-3-11(10)6-12/h4-7,9,18H,1-3H2. The number of hydrogen-bond donors (Lipinski definition) is 1. The molecule has 1 aromatic carbocycles. The molecular formula is C15H12N2O. The van der Waals surface area contributed by atoms with E-state index in [1.54, 1.807) is 6.07 Å². The number of aromatic nitrogens is 1. The van der Waals surface area contributed by atoms with Crippen LogP contribution in [-0.2, 0) is 12.8 Å². The molecule has 0 aliphatic heterocycles. The summed E-state index contributed by atoms with van der Waals surface area (Å²) in [4.78, 5) is 4.18. The zero-order valence-electron chi connectivity index (χ0n) is 9.85. The molecule has 18 heavy (non-hydrogen) atoms. The predicted octanol–water partition coefficient (Wildman–Crippen LogP) is 2.81. The number of rotatable bonds is 1. The summed E-state index contributed by atoms with van der Waals surface area (Å²) in [6.45, 7) is 0. The van der Waals surface area contributed by atoms with E-state index < -0.39 is 0 Å². The van der Waals surface area contributed by atoms with Crippen molar-refractivity contribution in [3.8, 4) is 23.1 Å². The van der Waals surface area contributed by atoms with Crippen molar-refractivity contribution < 1.29 is 5.11 Å². The lowest BCUT2D eigenvalue weighted by Gasteiger charge is -2.05. The molecule has 0 saturated heterocycles. The molecule has 1 aromatic heterocycles. The van der Waals surface area contributed by atoms with Gasteiger partial charge in [0.2, 0.25) is 0 Å². The van der Waals surface area contributed by atoms with Crippen LogP contribution in [0.2, 0.25) is 0 Å². The number of nitrogens with zero attached hydrogens (tertiary/aromatic N) is 2. The molecule has 1 N–H and O–H groups in total. The molecule has 1 heterocycles. The molecule has 0 atom stereocenters. The van der Waals surface area contributed by atoms with Crippen LogP contribution < -0.4 is 0 Å². The van der Waals surface area contributed by atoms with Crippen LogP contribution in [0, 0.1) is 11.3 Å². The van der Waals surface area contributed by atoms with Crippen molar-refractivity contribution in [1.29, 1.82) is 5.26 Å². The molecule has 0 radical (unpaired) electrons. The van der Waals surface area contributed by atoms with Crippen LogP contribution in [0.4, 0.5) is 0 Å². The summed E-state index contributed by atoms with van der Waals surface area (Å²) < 4.78 is 0. The van der Waals surface area contributed by atoms with Gasteiger partial charge in [0.05, 0.1) is 17.5 Å². The Bertz CT molecular complexity index is 656. The van der Waals surface area contributed by atoms with E-state index in [9.17, 15) is 5.11 Å². The molecule has 0 saturated carbocycles. The molecule has 0 fully saturated rings. The van der Waals surface area contributed by atoms with Crippen molar-refractivity contribution in [2.24, 2.45) is 0 Å². The van der Waals surface area contributed by atoms with Crippen LogP contribution in [-0.4, -0.2) is 10.1 Å². The number of hydrogen-bond acceptors (Lipinski definition) is 3. The first-order valence-electron chi connectivity index (χ1n) is 5.99. The highest BCUT2D eigenvalue weighted by atomic mass is 16.3. The Morgan fingerprint density at radius 2 is 2.00 bits per heavy atom. The van der Waals surface area contributed by atoms with Crippen LogP contribution in [0.15, 0.2) is 30.5 Å². The van der Waals surface area contributed by atoms with Crippen LogP contribution in [0.5, 0.6) is 5.75 Å². The lowest BCUT2D eigenvalue weighted by molar-refractivity contribution is 0.471. The highest BCUT2D eigenvalue weighted by Crippen LogP contribution is 2.28. The quantitative estimate of drug-likeness (QED) is 0.828. The van der Waals surface area contributed by atoms with Gasteiger partial charge in [0.15, 0.2) is 5.75 Å². The highest BCUT2D eigenvalue weighted by Gasteiger charge is 2.12. The van der Waals surface area contributed by atoms with Gasteiger partial charge >= 0.3 is 0 Å². The maximum atomic E-state index is 9.45. The Morgan fingerprint density at radius 1 is 1.17 bits per heavy atom. The molecule has 88 valence electrons. The van der Waals surface area contributed by atoms with Crippen molar-refractivity contribution in [3.63, 3.8) is 0 Å². The maximum Gasteiger partial charge on any atom is 0.151 e. The van der Waals surface area contributed by atoms with Gasteiger partial charge in [-0.15, -0.1) is 0 Å². The smallest absolute Gasteiger partial charge is 0.151 e. The largest absolute Gasteiger partial charge is 0.505 e. The third-order valence-electron chi connectivity index (χ3n) is 3.40.